The molecule has 0 fully saturated rings. The van der Waals surface area contributed by atoms with Gasteiger partial charge in [0.25, 0.3) is 5.91 Å². The van der Waals surface area contributed by atoms with Crippen LogP contribution in [0, 0.1) is 11.8 Å². The molecule has 0 saturated heterocycles. The highest BCUT2D eigenvalue weighted by Crippen LogP contribution is 2.11. The van der Waals surface area contributed by atoms with Crippen LogP contribution in [0.3, 0.4) is 0 Å². The first-order valence-electron chi connectivity index (χ1n) is 15.9. The molecule has 2 rings (SSSR count). The molecule has 10 heteroatoms. The van der Waals surface area contributed by atoms with E-state index in [-0.39, 0.29) is 35.7 Å². The maximum atomic E-state index is 13.8. The number of carbonyl (C=O) groups excluding carboxylic acids is 4. The molecule has 44 heavy (non-hydrogen) atoms. The summed E-state index contributed by atoms with van der Waals surface area (Å²) in [6, 6.07) is 10.7. The molecule has 4 amide bonds. The van der Waals surface area contributed by atoms with Crippen LogP contribution in [-0.4, -0.2) is 65.9 Å². The lowest BCUT2D eigenvalue weighted by molar-refractivity contribution is -0.130. The summed E-state index contributed by atoms with van der Waals surface area (Å²) in [7, 11) is 0. The SMILES string of the molecule is CCNC(=O)[C@H](CC)NCC(CC(C)C)NC(=O)[C@H](CCc1ccccc1)NC(=O)[C@H](CC(C)C)NC(=O)c1ccncc1. The van der Waals surface area contributed by atoms with E-state index in [1.54, 1.807) is 12.1 Å². The third-order valence-electron chi connectivity index (χ3n) is 7.26. The highest BCUT2D eigenvalue weighted by Gasteiger charge is 2.29. The fourth-order valence-electron chi connectivity index (χ4n) is 5.01. The van der Waals surface area contributed by atoms with Crippen LogP contribution in [0.15, 0.2) is 54.9 Å². The maximum absolute atomic E-state index is 13.8. The largest absolute Gasteiger partial charge is 0.355 e. The van der Waals surface area contributed by atoms with Gasteiger partial charge in [-0.2, -0.15) is 0 Å². The van der Waals surface area contributed by atoms with E-state index in [4.69, 9.17) is 0 Å². The van der Waals surface area contributed by atoms with Crippen molar-refractivity contribution in [1.82, 2.24) is 31.6 Å². The number of nitrogens with zero attached hydrogens (tertiary/aromatic N) is 1. The Morgan fingerprint density at radius 2 is 1.36 bits per heavy atom. The van der Waals surface area contributed by atoms with Gasteiger partial charge in [0.15, 0.2) is 0 Å². The van der Waals surface area contributed by atoms with Crippen LogP contribution in [0.5, 0.6) is 0 Å². The first-order valence-corrected chi connectivity index (χ1v) is 15.9. The van der Waals surface area contributed by atoms with Crippen LogP contribution in [0.1, 0.15) is 83.1 Å². The zero-order valence-electron chi connectivity index (χ0n) is 27.2. The number of hydrogen-bond acceptors (Lipinski definition) is 6. The number of aromatic nitrogens is 1. The van der Waals surface area contributed by atoms with Gasteiger partial charge in [0.2, 0.25) is 17.7 Å². The van der Waals surface area contributed by atoms with E-state index < -0.39 is 18.0 Å². The number of hydrogen-bond donors (Lipinski definition) is 5. The standard InChI is InChI=1S/C34H52N6O4/c1-7-28(32(42)36-8-2)37-22-27(20-23(3)4)38-33(43)29(15-14-25-12-10-9-11-13-25)39-34(44)30(21-24(5)6)40-31(41)26-16-18-35-19-17-26/h9-13,16-19,23-24,27-30,37H,7-8,14-15,20-22H2,1-6H3,(H,36,42)(H,38,43)(H,39,44)(H,40,41)/t27?,28-,29-,30-/m0/s1. The molecule has 242 valence electrons. The van der Waals surface area contributed by atoms with Crippen molar-refractivity contribution in [3.63, 3.8) is 0 Å². The number of likely N-dealkylation sites (N-methyl/N-ethyl adjacent to an activating group) is 1. The molecule has 2 aromatic rings. The molecule has 5 N–H and O–H groups in total. The smallest absolute Gasteiger partial charge is 0.252 e. The molecule has 1 heterocycles. The quantitative estimate of drug-likeness (QED) is 0.166. The van der Waals surface area contributed by atoms with Gasteiger partial charge in [0.05, 0.1) is 6.04 Å². The average Bonchev–Trinajstić information content (AvgIpc) is 2.99. The van der Waals surface area contributed by atoms with Crippen molar-refractivity contribution < 1.29 is 19.2 Å². The number of rotatable bonds is 19. The third-order valence-corrected chi connectivity index (χ3v) is 7.26. The van der Waals surface area contributed by atoms with Crippen molar-refractivity contribution >= 4 is 23.6 Å². The summed E-state index contributed by atoms with van der Waals surface area (Å²) in [6.07, 6.45) is 5.74. The Morgan fingerprint density at radius 1 is 0.727 bits per heavy atom. The Balaban J connectivity index is 2.23. The number of benzene rings is 1. The normalized spacial score (nSPS) is 13.9. The van der Waals surface area contributed by atoms with Crippen LogP contribution in [-0.2, 0) is 20.8 Å². The predicted octanol–water partition coefficient (Wildman–Crippen LogP) is 3.38. The fourth-order valence-corrected chi connectivity index (χ4v) is 5.01. The van der Waals surface area contributed by atoms with Crippen LogP contribution in [0.4, 0.5) is 0 Å². The van der Waals surface area contributed by atoms with Crippen LogP contribution in [0.25, 0.3) is 0 Å². The van der Waals surface area contributed by atoms with E-state index in [9.17, 15) is 19.2 Å². The van der Waals surface area contributed by atoms with Crippen LogP contribution < -0.4 is 26.6 Å². The van der Waals surface area contributed by atoms with Crippen molar-refractivity contribution in [2.45, 2.75) is 97.8 Å². The molecule has 10 nitrogen and oxygen atoms in total. The molecule has 4 atom stereocenters. The van der Waals surface area contributed by atoms with E-state index in [1.165, 1.54) is 12.4 Å². The Hall–Kier alpha value is -3.79. The van der Waals surface area contributed by atoms with Gasteiger partial charge in [-0.25, -0.2) is 0 Å². The second kappa shape index (κ2) is 19.5. The molecule has 1 aromatic carbocycles. The molecule has 1 aromatic heterocycles. The van der Waals surface area contributed by atoms with E-state index in [1.807, 2.05) is 58.0 Å². The monoisotopic (exact) mass is 608 g/mol. The lowest BCUT2D eigenvalue weighted by Crippen LogP contribution is -2.57. The number of amides is 4. The molecule has 0 aliphatic heterocycles. The van der Waals surface area contributed by atoms with Crippen LogP contribution >= 0.6 is 0 Å². The minimum atomic E-state index is -0.824. The second-order valence-corrected chi connectivity index (χ2v) is 12.1. The zero-order valence-corrected chi connectivity index (χ0v) is 27.2. The number of carbonyl (C=O) groups is 4. The van der Waals surface area contributed by atoms with E-state index in [2.05, 4.69) is 45.4 Å². The van der Waals surface area contributed by atoms with Crippen molar-refractivity contribution in [3.8, 4) is 0 Å². The van der Waals surface area contributed by atoms with Gasteiger partial charge in [-0.05, 0) is 68.6 Å². The molecule has 0 aliphatic carbocycles. The van der Waals surface area contributed by atoms with Gasteiger partial charge < -0.3 is 26.6 Å². The van der Waals surface area contributed by atoms with Crippen molar-refractivity contribution in [1.29, 1.82) is 0 Å². The van der Waals surface area contributed by atoms with Gasteiger partial charge in [-0.1, -0.05) is 65.0 Å². The topological polar surface area (TPSA) is 141 Å². The predicted molar refractivity (Wildman–Crippen MR) is 174 cm³/mol. The first kappa shape index (κ1) is 36.4. The summed E-state index contributed by atoms with van der Waals surface area (Å²) in [4.78, 5) is 56.8. The molecule has 0 spiro atoms. The number of aryl methyl sites for hydroxylation is 1. The molecule has 1 unspecified atom stereocenters. The van der Waals surface area contributed by atoms with E-state index >= 15 is 0 Å². The Morgan fingerprint density at radius 3 is 1.95 bits per heavy atom. The molecule has 0 bridgehead atoms. The van der Waals surface area contributed by atoms with Gasteiger partial charge in [-0.15, -0.1) is 0 Å². The molecule has 0 saturated carbocycles. The van der Waals surface area contributed by atoms with Crippen molar-refractivity contribution in [2.24, 2.45) is 11.8 Å². The summed E-state index contributed by atoms with van der Waals surface area (Å²) in [5.41, 5.74) is 1.46. The minimum absolute atomic E-state index is 0.0670. The lowest BCUT2D eigenvalue weighted by Gasteiger charge is -2.28. The molecular formula is C34H52N6O4. The average molecular weight is 609 g/mol. The summed E-state index contributed by atoms with van der Waals surface area (Å²) in [6.45, 7) is 12.9. The van der Waals surface area contributed by atoms with Crippen molar-refractivity contribution in [2.75, 3.05) is 13.1 Å². The first-order chi connectivity index (χ1) is 21.0. The lowest BCUT2D eigenvalue weighted by atomic mass is 9.99. The number of nitrogens with one attached hydrogen (secondary N) is 5. The Bertz CT molecular complexity index is 1160. The highest BCUT2D eigenvalue weighted by molar-refractivity contribution is 5.98. The van der Waals surface area contributed by atoms with Gasteiger partial charge >= 0.3 is 0 Å². The fraction of sp³-hybridized carbons (Fsp3) is 0.559. The van der Waals surface area contributed by atoms with E-state index in [0.717, 1.165) is 5.56 Å². The van der Waals surface area contributed by atoms with Gasteiger partial charge in [0, 0.05) is 37.1 Å². The Kier molecular flexibility index (Phi) is 16.1. The summed E-state index contributed by atoms with van der Waals surface area (Å²) < 4.78 is 0. The second-order valence-electron chi connectivity index (χ2n) is 12.1. The molecular weight excluding hydrogens is 556 g/mol. The van der Waals surface area contributed by atoms with Gasteiger partial charge in [0.1, 0.15) is 12.1 Å². The third kappa shape index (κ3) is 13.2. The maximum Gasteiger partial charge on any atom is 0.252 e. The zero-order chi connectivity index (χ0) is 32.5. The summed E-state index contributed by atoms with van der Waals surface area (Å²) in [5, 5.41) is 15.1. The minimum Gasteiger partial charge on any atom is -0.355 e. The van der Waals surface area contributed by atoms with Crippen molar-refractivity contribution in [3.05, 3.63) is 66.0 Å². The van der Waals surface area contributed by atoms with E-state index in [0.29, 0.717) is 56.7 Å². The van der Waals surface area contributed by atoms with Crippen LogP contribution in [0.2, 0.25) is 0 Å². The Labute approximate surface area is 262 Å². The van der Waals surface area contributed by atoms with Gasteiger partial charge in [-0.3, -0.25) is 24.2 Å². The molecule has 0 radical (unpaired) electrons. The number of pyridine rings is 1. The summed E-state index contributed by atoms with van der Waals surface area (Å²) >= 11 is 0. The summed E-state index contributed by atoms with van der Waals surface area (Å²) in [5.74, 6) is -0.728. The molecule has 0 aliphatic rings. The highest BCUT2D eigenvalue weighted by atomic mass is 16.2.